The predicted octanol–water partition coefficient (Wildman–Crippen LogP) is 4.31. The smallest absolute Gasteiger partial charge is 0.342 e. The van der Waals surface area contributed by atoms with Crippen molar-refractivity contribution in [3.63, 3.8) is 0 Å². The second kappa shape index (κ2) is 8.89. The molecule has 0 atom stereocenters. The number of thioether (sulfide) groups is 1. The molecule has 3 aromatic rings. The highest BCUT2D eigenvalue weighted by Gasteiger charge is 2.21. The second-order valence-electron chi connectivity index (χ2n) is 6.42. The molecule has 0 amide bonds. The monoisotopic (exact) mass is 394 g/mol. The molecule has 0 aliphatic carbocycles. The predicted molar refractivity (Wildman–Crippen MR) is 110 cm³/mol. The van der Waals surface area contributed by atoms with Crippen LogP contribution < -0.4 is 0 Å². The Morgan fingerprint density at radius 1 is 1.04 bits per heavy atom. The Bertz CT molecular complexity index is 979. The van der Waals surface area contributed by atoms with Gasteiger partial charge in [-0.2, -0.15) is 5.10 Å². The van der Waals surface area contributed by atoms with E-state index in [0.717, 1.165) is 16.2 Å². The molecule has 0 aliphatic heterocycles. The van der Waals surface area contributed by atoms with Crippen LogP contribution in [-0.4, -0.2) is 34.4 Å². The fraction of sp³-hybridized carbons (Fsp3) is 0.227. The van der Waals surface area contributed by atoms with E-state index in [1.165, 1.54) is 0 Å². The van der Waals surface area contributed by atoms with Crippen LogP contribution in [0.15, 0.2) is 59.5 Å². The van der Waals surface area contributed by atoms with Crippen LogP contribution in [-0.2, 0) is 11.3 Å². The van der Waals surface area contributed by atoms with Gasteiger partial charge in [0.2, 0.25) is 0 Å². The third-order valence-corrected chi connectivity index (χ3v) is 5.25. The lowest BCUT2D eigenvalue weighted by molar-refractivity contribution is 0.0473. The number of esters is 1. The minimum atomic E-state index is -0.525. The van der Waals surface area contributed by atoms with Crippen molar-refractivity contribution in [2.24, 2.45) is 0 Å². The topological polar surface area (TPSA) is 61.2 Å². The van der Waals surface area contributed by atoms with Gasteiger partial charge in [-0.05, 0) is 37.8 Å². The molecule has 3 rings (SSSR count). The molecule has 0 radical (unpaired) electrons. The summed E-state index contributed by atoms with van der Waals surface area (Å²) >= 11 is 1.60. The molecule has 144 valence electrons. The highest BCUT2D eigenvalue weighted by atomic mass is 32.2. The molecule has 0 aliphatic rings. The molecule has 28 heavy (non-hydrogen) atoms. The maximum absolute atomic E-state index is 12.6. The lowest BCUT2D eigenvalue weighted by atomic mass is 10.1. The Labute approximate surface area is 168 Å². The molecule has 0 saturated heterocycles. The zero-order chi connectivity index (χ0) is 20.1. The highest BCUT2D eigenvalue weighted by molar-refractivity contribution is 7.98. The van der Waals surface area contributed by atoms with Gasteiger partial charge in [-0.1, -0.05) is 42.5 Å². The first kappa shape index (κ1) is 19.9. The van der Waals surface area contributed by atoms with Gasteiger partial charge < -0.3 is 4.74 Å². The largest absolute Gasteiger partial charge is 0.454 e. The summed E-state index contributed by atoms with van der Waals surface area (Å²) in [6, 6.07) is 17.2. The number of hydrogen-bond acceptors (Lipinski definition) is 5. The van der Waals surface area contributed by atoms with Gasteiger partial charge in [-0.15, -0.1) is 11.8 Å². The van der Waals surface area contributed by atoms with E-state index in [1.54, 1.807) is 35.5 Å². The van der Waals surface area contributed by atoms with E-state index in [2.05, 4.69) is 5.10 Å². The molecular weight excluding hydrogens is 372 g/mol. The summed E-state index contributed by atoms with van der Waals surface area (Å²) < 4.78 is 7.06. The first-order valence-electron chi connectivity index (χ1n) is 8.92. The molecule has 0 saturated carbocycles. The number of carbonyl (C=O) groups is 2. The van der Waals surface area contributed by atoms with Crippen molar-refractivity contribution < 1.29 is 14.3 Å². The third kappa shape index (κ3) is 4.51. The molecule has 0 spiro atoms. The van der Waals surface area contributed by atoms with Gasteiger partial charge in [0, 0.05) is 10.5 Å². The van der Waals surface area contributed by atoms with E-state index in [4.69, 9.17) is 4.74 Å². The minimum absolute atomic E-state index is 0.229. The normalized spacial score (nSPS) is 10.7. The summed E-state index contributed by atoms with van der Waals surface area (Å²) in [4.78, 5) is 25.9. The van der Waals surface area contributed by atoms with Gasteiger partial charge in [0.1, 0.15) is 5.56 Å². The standard InChI is InChI=1S/C22H22N2O3S/c1-15-21(16(2)24(23-15)13-17-7-5-4-6-8-17)22(26)27-14-20(25)18-9-11-19(28-3)12-10-18/h4-12H,13-14H2,1-3H3. The Morgan fingerprint density at radius 2 is 1.71 bits per heavy atom. The molecular formula is C22H22N2O3S. The molecule has 0 fully saturated rings. The quantitative estimate of drug-likeness (QED) is 0.339. The van der Waals surface area contributed by atoms with Gasteiger partial charge in [-0.25, -0.2) is 4.79 Å². The van der Waals surface area contributed by atoms with Crippen molar-refractivity contribution in [3.8, 4) is 0 Å². The number of carbonyl (C=O) groups excluding carboxylic acids is 2. The van der Waals surface area contributed by atoms with E-state index >= 15 is 0 Å². The average molecular weight is 394 g/mol. The lowest BCUT2D eigenvalue weighted by Gasteiger charge is -2.07. The molecule has 5 nitrogen and oxygen atoms in total. The first-order chi connectivity index (χ1) is 13.5. The zero-order valence-electron chi connectivity index (χ0n) is 16.1. The molecule has 0 unspecified atom stereocenters. The maximum Gasteiger partial charge on any atom is 0.342 e. The Morgan fingerprint density at radius 3 is 2.36 bits per heavy atom. The fourth-order valence-corrected chi connectivity index (χ4v) is 3.37. The molecule has 0 bridgehead atoms. The Kier molecular flexibility index (Phi) is 6.31. The van der Waals surface area contributed by atoms with Gasteiger partial charge in [-0.3, -0.25) is 9.48 Å². The van der Waals surface area contributed by atoms with Crippen molar-refractivity contribution in [2.75, 3.05) is 12.9 Å². The molecule has 1 aromatic heterocycles. The molecule has 1 heterocycles. The summed E-state index contributed by atoms with van der Waals surface area (Å²) in [5.74, 6) is -0.753. The van der Waals surface area contributed by atoms with Crippen molar-refractivity contribution in [3.05, 3.63) is 82.7 Å². The van der Waals surface area contributed by atoms with E-state index in [-0.39, 0.29) is 12.4 Å². The van der Waals surface area contributed by atoms with Crippen LogP contribution in [0.3, 0.4) is 0 Å². The second-order valence-corrected chi connectivity index (χ2v) is 7.30. The summed E-state index contributed by atoms with van der Waals surface area (Å²) in [7, 11) is 0. The fourth-order valence-electron chi connectivity index (χ4n) is 2.97. The van der Waals surface area contributed by atoms with E-state index in [0.29, 0.717) is 23.4 Å². The number of rotatable bonds is 7. The van der Waals surface area contributed by atoms with Crippen molar-refractivity contribution in [1.29, 1.82) is 0 Å². The molecule has 2 aromatic carbocycles. The summed E-state index contributed by atoms with van der Waals surface area (Å²) in [5, 5.41) is 4.46. The van der Waals surface area contributed by atoms with Crippen LogP contribution in [0.1, 0.15) is 37.7 Å². The Balaban J connectivity index is 1.67. The number of nitrogens with zero attached hydrogens (tertiary/aromatic N) is 2. The Hall–Kier alpha value is -2.86. The summed E-state index contributed by atoms with van der Waals surface area (Å²) in [6.45, 7) is 3.89. The van der Waals surface area contributed by atoms with Crippen LogP contribution >= 0.6 is 11.8 Å². The van der Waals surface area contributed by atoms with E-state index < -0.39 is 5.97 Å². The SMILES string of the molecule is CSc1ccc(C(=O)COC(=O)c2c(C)nn(Cc3ccccc3)c2C)cc1. The average Bonchev–Trinajstić information content (AvgIpc) is 2.99. The van der Waals surface area contributed by atoms with Crippen molar-refractivity contribution in [2.45, 2.75) is 25.3 Å². The summed E-state index contributed by atoms with van der Waals surface area (Å²) in [6.07, 6.45) is 1.97. The van der Waals surface area contributed by atoms with Crippen LogP contribution in [0.25, 0.3) is 0 Å². The summed E-state index contributed by atoms with van der Waals surface area (Å²) in [5.41, 5.74) is 3.36. The van der Waals surface area contributed by atoms with E-state index in [9.17, 15) is 9.59 Å². The highest BCUT2D eigenvalue weighted by Crippen LogP contribution is 2.17. The number of ether oxygens (including phenoxy) is 1. The van der Waals surface area contributed by atoms with Gasteiger partial charge in [0.05, 0.1) is 17.9 Å². The number of aromatic nitrogens is 2. The van der Waals surface area contributed by atoms with E-state index in [1.807, 2.05) is 55.6 Å². The number of hydrogen-bond donors (Lipinski definition) is 0. The number of ketones is 1. The minimum Gasteiger partial charge on any atom is -0.454 e. The molecule has 6 heteroatoms. The lowest BCUT2D eigenvalue weighted by Crippen LogP contribution is -2.15. The number of benzene rings is 2. The molecule has 0 N–H and O–H groups in total. The maximum atomic E-state index is 12.6. The number of Topliss-reactive ketones (excluding diaryl/α,β-unsaturated/α-hetero) is 1. The van der Waals surface area contributed by atoms with Crippen LogP contribution in [0.5, 0.6) is 0 Å². The van der Waals surface area contributed by atoms with Crippen molar-refractivity contribution >= 4 is 23.5 Å². The van der Waals surface area contributed by atoms with Crippen LogP contribution in [0, 0.1) is 13.8 Å². The van der Waals surface area contributed by atoms with Crippen molar-refractivity contribution in [1.82, 2.24) is 9.78 Å². The third-order valence-electron chi connectivity index (χ3n) is 4.51. The van der Waals surface area contributed by atoms with Gasteiger partial charge in [0.25, 0.3) is 0 Å². The van der Waals surface area contributed by atoms with Crippen LogP contribution in [0.2, 0.25) is 0 Å². The van der Waals surface area contributed by atoms with Crippen LogP contribution in [0.4, 0.5) is 0 Å². The van der Waals surface area contributed by atoms with Gasteiger partial charge >= 0.3 is 5.97 Å². The first-order valence-corrected chi connectivity index (χ1v) is 10.1. The zero-order valence-corrected chi connectivity index (χ0v) is 17.0. The van der Waals surface area contributed by atoms with Gasteiger partial charge in [0.15, 0.2) is 12.4 Å². The number of aryl methyl sites for hydroxylation is 1.